The van der Waals surface area contributed by atoms with Crippen LogP contribution in [0.5, 0.6) is 5.75 Å². The van der Waals surface area contributed by atoms with Gasteiger partial charge >= 0.3 is 0 Å². The second-order valence-corrected chi connectivity index (χ2v) is 9.73. The Labute approximate surface area is 239 Å². The van der Waals surface area contributed by atoms with Crippen LogP contribution in [0.15, 0.2) is 84.9 Å². The molecule has 7 rings (SSSR count). The van der Waals surface area contributed by atoms with Crippen molar-refractivity contribution in [3.63, 3.8) is 0 Å². The molecule has 0 aliphatic carbocycles. The molecule has 5 aromatic rings. The fourth-order valence-corrected chi connectivity index (χ4v) is 5.01. The molecule has 0 amide bonds. The van der Waals surface area contributed by atoms with Crippen LogP contribution in [0, 0.1) is 0 Å². The minimum absolute atomic E-state index is 0. The smallest absolute Gasteiger partial charge is 0.115 e. The van der Waals surface area contributed by atoms with E-state index in [1.54, 1.807) is 12.1 Å². The van der Waals surface area contributed by atoms with E-state index in [4.69, 9.17) is 21.6 Å². The summed E-state index contributed by atoms with van der Waals surface area (Å²) in [5, 5.41) is 10.7. The number of hydrogen-bond donors (Lipinski definition) is 3. The van der Waals surface area contributed by atoms with Crippen molar-refractivity contribution in [2.45, 2.75) is 0 Å². The van der Waals surface area contributed by atoms with Crippen LogP contribution in [-0.4, -0.2) is 25.0 Å². The molecule has 8 bridgehead atoms. The van der Waals surface area contributed by atoms with Crippen molar-refractivity contribution in [1.29, 1.82) is 0 Å². The Kier molecular flexibility index (Phi) is 6.44. The molecule has 3 aromatic heterocycles. The van der Waals surface area contributed by atoms with Crippen molar-refractivity contribution < 1.29 is 21.9 Å². The van der Waals surface area contributed by atoms with Gasteiger partial charge in [0.2, 0.25) is 0 Å². The summed E-state index contributed by atoms with van der Waals surface area (Å²) >= 11 is 6.22. The summed E-state index contributed by atoms with van der Waals surface area (Å²) in [6, 6.07) is 27.3. The number of benzene rings is 2. The quantitative estimate of drug-likeness (QED) is 0.195. The van der Waals surface area contributed by atoms with Gasteiger partial charge in [0, 0.05) is 49.5 Å². The van der Waals surface area contributed by atoms with Gasteiger partial charge in [-0.15, -0.1) is 0 Å². The summed E-state index contributed by atoms with van der Waals surface area (Å²) in [6.45, 7) is 0. The zero-order valence-corrected chi connectivity index (χ0v) is 22.2. The van der Waals surface area contributed by atoms with Gasteiger partial charge in [-0.3, -0.25) is 0 Å². The molecular formula is C32H21ClCoN4O. The molecule has 0 fully saturated rings. The standard InChI is InChI=1S/C32H21ClN4O.Co/c33-21-5-1-19(2-6-21)29-18-27-17-25-10-9-23(35-25)15-22-7-8-24(34-22)16-26-11-14-30(36-26)31(32(29)37-27)20-3-12-28(38)13-4-20;/h1-18,34,37-38H;. The second-order valence-electron chi connectivity index (χ2n) is 9.29. The molecule has 1 radical (unpaired) electrons. The maximum atomic E-state index is 9.99. The average Bonchev–Trinajstić information content (AvgIpc) is 3.71. The van der Waals surface area contributed by atoms with Gasteiger partial charge in [0.25, 0.3) is 0 Å². The number of hydrogen-bond acceptors (Lipinski definition) is 3. The maximum absolute atomic E-state index is 9.99. The molecule has 191 valence electrons. The van der Waals surface area contributed by atoms with Gasteiger partial charge < -0.3 is 15.1 Å². The molecule has 2 aromatic carbocycles. The Morgan fingerprint density at radius 1 is 0.590 bits per heavy atom. The predicted octanol–water partition coefficient (Wildman–Crippen LogP) is 8.35. The number of aromatic nitrogens is 4. The first kappa shape index (κ1) is 24.9. The van der Waals surface area contributed by atoms with Crippen LogP contribution in [-0.2, 0) is 16.8 Å². The Morgan fingerprint density at radius 2 is 1.18 bits per heavy atom. The molecule has 0 saturated heterocycles. The largest absolute Gasteiger partial charge is 0.508 e. The number of halogens is 1. The zero-order chi connectivity index (χ0) is 25.6. The minimum Gasteiger partial charge on any atom is -0.508 e. The van der Waals surface area contributed by atoms with Gasteiger partial charge in [-0.05, 0) is 96.1 Å². The summed E-state index contributed by atoms with van der Waals surface area (Å²) in [5.74, 6) is 0.211. The van der Waals surface area contributed by atoms with E-state index >= 15 is 0 Å². The van der Waals surface area contributed by atoms with Crippen molar-refractivity contribution in [1.82, 2.24) is 19.9 Å². The van der Waals surface area contributed by atoms with Crippen LogP contribution in [0.25, 0.3) is 68.6 Å². The normalized spacial score (nSPS) is 11.9. The molecule has 5 heterocycles. The van der Waals surface area contributed by atoms with Gasteiger partial charge in [0.15, 0.2) is 0 Å². The van der Waals surface area contributed by atoms with Gasteiger partial charge in [-0.2, -0.15) is 0 Å². The molecule has 2 aliphatic heterocycles. The van der Waals surface area contributed by atoms with Crippen molar-refractivity contribution in [2.75, 3.05) is 0 Å². The number of nitrogens with one attached hydrogen (secondary N) is 2. The monoisotopic (exact) mass is 571 g/mol. The first-order valence-electron chi connectivity index (χ1n) is 12.2. The molecule has 7 heteroatoms. The molecule has 0 atom stereocenters. The van der Waals surface area contributed by atoms with Gasteiger partial charge in [-0.1, -0.05) is 35.9 Å². The van der Waals surface area contributed by atoms with Crippen molar-refractivity contribution in [3.8, 4) is 28.0 Å². The number of nitrogens with zero attached hydrogens (tertiary/aromatic N) is 2. The summed E-state index contributed by atoms with van der Waals surface area (Å²) in [5.41, 5.74) is 11.1. The number of fused-ring (bicyclic) bond motifs is 8. The van der Waals surface area contributed by atoms with Crippen LogP contribution in [0.2, 0.25) is 5.02 Å². The molecule has 5 nitrogen and oxygen atoms in total. The van der Waals surface area contributed by atoms with Gasteiger partial charge in [-0.25, -0.2) is 9.97 Å². The third-order valence-electron chi connectivity index (χ3n) is 6.64. The third-order valence-corrected chi connectivity index (χ3v) is 6.89. The topological polar surface area (TPSA) is 77.6 Å². The molecule has 0 saturated carbocycles. The molecular weight excluding hydrogens is 551 g/mol. The Morgan fingerprint density at radius 3 is 1.87 bits per heavy atom. The van der Waals surface area contributed by atoms with E-state index < -0.39 is 0 Å². The third kappa shape index (κ3) is 4.93. The van der Waals surface area contributed by atoms with Crippen LogP contribution in [0.3, 0.4) is 0 Å². The fourth-order valence-electron chi connectivity index (χ4n) is 4.88. The van der Waals surface area contributed by atoms with E-state index in [1.165, 1.54) is 0 Å². The van der Waals surface area contributed by atoms with E-state index in [0.717, 1.165) is 67.1 Å². The SMILES string of the molecule is Oc1ccc(-c2c3nc(cc4ccc(cc5nc(cc6cc(-c7ccc(Cl)cc7)c2[nH]6)C=C5)[nH]4)C=C3)cc1.[Co]. The summed E-state index contributed by atoms with van der Waals surface area (Å²) in [7, 11) is 0. The van der Waals surface area contributed by atoms with Crippen LogP contribution < -0.4 is 0 Å². The second kappa shape index (κ2) is 10.1. The molecule has 3 N–H and O–H groups in total. The predicted molar refractivity (Wildman–Crippen MR) is 156 cm³/mol. The van der Waals surface area contributed by atoms with Crippen LogP contribution in [0.4, 0.5) is 0 Å². The minimum atomic E-state index is 0. The van der Waals surface area contributed by atoms with E-state index in [0.29, 0.717) is 5.02 Å². The number of phenolic OH excluding ortho intramolecular Hbond substituents is 1. The first-order valence-corrected chi connectivity index (χ1v) is 12.6. The number of rotatable bonds is 2. The number of aromatic amines is 2. The summed E-state index contributed by atoms with van der Waals surface area (Å²) in [4.78, 5) is 16.9. The number of aromatic hydroxyl groups is 1. The Bertz CT molecular complexity index is 1930. The van der Waals surface area contributed by atoms with Crippen molar-refractivity contribution in [3.05, 3.63) is 113 Å². The van der Waals surface area contributed by atoms with E-state index in [9.17, 15) is 5.11 Å². The Hall–Kier alpha value is -4.36. The average molecular weight is 572 g/mol. The van der Waals surface area contributed by atoms with Gasteiger partial charge in [0.05, 0.1) is 28.3 Å². The van der Waals surface area contributed by atoms with E-state index in [-0.39, 0.29) is 22.5 Å². The number of phenols is 1. The van der Waals surface area contributed by atoms with Gasteiger partial charge in [0.1, 0.15) is 5.75 Å². The van der Waals surface area contributed by atoms with Crippen LogP contribution in [0.1, 0.15) is 22.8 Å². The van der Waals surface area contributed by atoms with Crippen molar-refractivity contribution >= 4 is 58.0 Å². The summed E-state index contributed by atoms with van der Waals surface area (Å²) < 4.78 is 0. The fraction of sp³-hybridized carbons (Fsp3) is 0. The molecule has 0 spiro atoms. The molecule has 2 aliphatic rings. The van der Waals surface area contributed by atoms with E-state index in [1.807, 2.05) is 91.0 Å². The zero-order valence-electron chi connectivity index (χ0n) is 20.4. The van der Waals surface area contributed by atoms with Crippen molar-refractivity contribution in [2.24, 2.45) is 0 Å². The summed E-state index contributed by atoms with van der Waals surface area (Å²) in [6.07, 6.45) is 8.07. The number of H-pyrrole nitrogens is 2. The van der Waals surface area contributed by atoms with E-state index in [2.05, 4.69) is 16.0 Å². The van der Waals surface area contributed by atoms with Crippen LogP contribution >= 0.6 is 11.6 Å². The first-order chi connectivity index (χ1) is 18.6. The maximum Gasteiger partial charge on any atom is 0.115 e. The Balaban J connectivity index is 0.00000277. The molecule has 0 unspecified atom stereocenters. The molecule has 39 heavy (non-hydrogen) atoms.